The summed E-state index contributed by atoms with van der Waals surface area (Å²) >= 11 is 0. The summed E-state index contributed by atoms with van der Waals surface area (Å²) in [6.07, 6.45) is 5.93. The van der Waals surface area contributed by atoms with E-state index in [1.54, 1.807) is 12.4 Å². The lowest BCUT2D eigenvalue weighted by molar-refractivity contribution is -0.144. The monoisotopic (exact) mass is 265 g/mol. The van der Waals surface area contributed by atoms with Gasteiger partial charge in [0.2, 0.25) is 5.91 Å². The maximum absolute atomic E-state index is 12.1. The van der Waals surface area contributed by atoms with Crippen LogP contribution in [0.5, 0.6) is 0 Å². The van der Waals surface area contributed by atoms with E-state index in [4.69, 9.17) is 5.11 Å². The number of aromatic nitrogens is 2. The van der Waals surface area contributed by atoms with Gasteiger partial charge in [0.15, 0.2) is 0 Å². The predicted molar refractivity (Wildman–Crippen MR) is 68.2 cm³/mol. The molecule has 1 saturated carbocycles. The lowest BCUT2D eigenvalue weighted by Gasteiger charge is -2.26. The summed E-state index contributed by atoms with van der Waals surface area (Å²) < 4.78 is 0. The predicted octanol–water partition coefficient (Wildman–Crippen LogP) is 1.48. The van der Waals surface area contributed by atoms with Gasteiger partial charge in [0.1, 0.15) is 0 Å². The number of aliphatic carboxylic acids is 1. The molecule has 0 aromatic carbocycles. The second-order valence-electron chi connectivity index (χ2n) is 5.15. The first-order valence-corrected chi connectivity index (χ1v) is 6.59. The molecule has 1 aromatic rings. The molecule has 0 saturated heterocycles. The van der Waals surface area contributed by atoms with Crippen molar-refractivity contribution in [2.45, 2.75) is 38.6 Å². The van der Waals surface area contributed by atoms with Crippen LogP contribution in [-0.4, -0.2) is 27.2 Å². The van der Waals surface area contributed by atoms with Gasteiger partial charge in [-0.1, -0.05) is 0 Å². The van der Waals surface area contributed by atoms with Gasteiger partial charge in [-0.3, -0.25) is 14.7 Å². The molecule has 1 heterocycles. The van der Waals surface area contributed by atoms with Crippen molar-refractivity contribution in [2.24, 2.45) is 11.8 Å². The Kier molecular flexibility index (Phi) is 4.19. The number of carbonyl (C=O) groups is 2. The molecule has 1 aliphatic rings. The van der Waals surface area contributed by atoms with Gasteiger partial charge in [-0.05, 0) is 32.6 Å². The molecule has 1 aromatic heterocycles. The van der Waals surface area contributed by atoms with Crippen LogP contribution < -0.4 is 5.32 Å². The fourth-order valence-corrected chi connectivity index (χ4v) is 2.51. The van der Waals surface area contributed by atoms with Crippen molar-refractivity contribution in [3.8, 4) is 0 Å². The molecule has 19 heavy (non-hydrogen) atoms. The Morgan fingerprint density at radius 3 is 2.53 bits per heavy atom. The number of carbonyl (C=O) groups excluding carboxylic acids is 1. The highest BCUT2D eigenvalue weighted by molar-refractivity contribution is 5.79. The zero-order chi connectivity index (χ0) is 13.8. The third kappa shape index (κ3) is 3.33. The lowest BCUT2D eigenvalue weighted by Crippen LogP contribution is -2.35. The molecule has 6 heteroatoms. The average Bonchev–Trinajstić information content (AvgIpc) is 2.92. The van der Waals surface area contributed by atoms with Crippen molar-refractivity contribution in [2.75, 3.05) is 0 Å². The molecule has 1 atom stereocenters. The number of carboxylic acid groups (broad SMARTS) is 1. The number of H-pyrrole nitrogens is 1. The third-order valence-corrected chi connectivity index (χ3v) is 3.83. The van der Waals surface area contributed by atoms with Crippen molar-refractivity contribution in [3.63, 3.8) is 0 Å². The average molecular weight is 265 g/mol. The van der Waals surface area contributed by atoms with Crippen molar-refractivity contribution in [1.29, 1.82) is 0 Å². The number of amides is 1. The van der Waals surface area contributed by atoms with Crippen LogP contribution in [0.4, 0.5) is 0 Å². The topological polar surface area (TPSA) is 95.1 Å². The Bertz CT molecular complexity index is 436. The summed E-state index contributed by atoms with van der Waals surface area (Å²) in [4.78, 5) is 22.9. The summed E-state index contributed by atoms with van der Waals surface area (Å²) in [6, 6.07) is -0.0801. The first-order chi connectivity index (χ1) is 9.08. The standard InChI is InChI=1S/C13H19N3O3/c1-8(11-6-14-15-7-11)16-12(17)9-2-4-10(5-3-9)13(18)19/h6-10H,2-5H2,1H3,(H,14,15)(H,16,17)(H,18,19). The number of nitrogens with zero attached hydrogens (tertiary/aromatic N) is 1. The summed E-state index contributed by atoms with van der Waals surface area (Å²) in [5.41, 5.74) is 0.938. The van der Waals surface area contributed by atoms with E-state index >= 15 is 0 Å². The highest BCUT2D eigenvalue weighted by atomic mass is 16.4. The van der Waals surface area contributed by atoms with Crippen LogP contribution in [0.15, 0.2) is 12.4 Å². The lowest BCUT2D eigenvalue weighted by atomic mass is 9.81. The summed E-state index contributed by atoms with van der Waals surface area (Å²) in [6.45, 7) is 1.91. The second-order valence-corrected chi connectivity index (χ2v) is 5.15. The van der Waals surface area contributed by atoms with Gasteiger partial charge in [0, 0.05) is 17.7 Å². The first-order valence-electron chi connectivity index (χ1n) is 6.59. The number of nitrogens with one attached hydrogen (secondary N) is 2. The Balaban J connectivity index is 1.83. The fraction of sp³-hybridized carbons (Fsp3) is 0.615. The van der Waals surface area contributed by atoms with Crippen molar-refractivity contribution >= 4 is 11.9 Å². The molecule has 1 amide bonds. The number of hydrogen-bond donors (Lipinski definition) is 3. The minimum absolute atomic E-state index is 0.0116. The normalized spacial score (nSPS) is 24.7. The van der Waals surface area contributed by atoms with Gasteiger partial charge >= 0.3 is 5.97 Å². The van der Waals surface area contributed by atoms with E-state index in [0.29, 0.717) is 25.7 Å². The van der Waals surface area contributed by atoms with Crippen LogP contribution >= 0.6 is 0 Å². The van der Waals surface area contributed by atoms with E-state index in [1.165, 1.54) is 0 Å². The van der Waals surface area contributed by atoms with E-state index in [-0.39, 0.29) is 23.8 Å². The van der Waals surface area contributed by atoms with Crippen LogP contribution in [0, 0.1) is 11.8 Å². The molecule has 1 fully saturated rings. The van der Waals surface area contributed by atoms with Crippen molar-refractivity contribution < 1.29 is 14.7 Å². The van der Waals surface area contributed by atoms with Gasteiger partial charge in [-0.2, -0.15) is 5.10 Å². The van der Waals surface area contributed by atoms with Gasteiger partial charge in [-0.15, -0.1) is 0 Å². The van der Waals surface area contributed by atoms with E-state index in [1.807, 2.05) is 6.92 Å². The molecule has 0 aliphatic heterocycles. The Hall–Kier alpha value is -1.85. The van der Waals surface area contributed by atoms with Gasteiger partial charge in [0.05, 0.1) is 18.2 Å². The van der Waals surface area contributed by atoms with Crippen molar-refractivity contribution in [1.82, 2.24) is 15.5 Å². The quantitative estimate of drug-likeness (QED) is 0.768. The van der Waals surface area contributed by atoms with Crippen LogP contribution in [0.3, 0.4) is 0 Å². The second kappa shape index (κ2) is 5.86. The largest absolute Gasteiger partial charge is 0.481 e. The molecule has 3 N–H and O–H groups in total. The summed E-state index contributed by atoms with van der Waals surface area (Å²) in [7, 11) is 0. The zero-order valence-corrected chi connectivity index (χ0v) is 10.9. The molecular weight excluding hydrogens is 246 g/mol. The van der Waals surface area contributed by atoms with E-state index in [2.05, 4.69) is 15.5 Å². The van der Waals surface area contributed by atoms with Crippen LogP contribution in [0.1, 0.15) is 44.2 Å². The smallest absolute Gasteiger partial charge is 0.306 e. The maximum Gasteiger partial charge on any atom is 0.306 e. The van der Waals surface area contributed by atoms with Crippen LogP contribution in [-0.2, 0) is 9.59 Å². The number of hydrogen-bond acceptors (Lipinski definition) is 3. The van der Waals surface area contributed by atoms with Gasteiger partial charge in [-0.25, -0.2) is 0 Å². The van der Waals surface area contributed by atoms with E-state index in [0.717, 1.165) is 5.56 Å². The molecule has 0 radical (unpaired) electrons. The number of rotatable bonds is 4. The molecule has 0 spiro atoms. The maximum atomic E-state index is 12.1. The van der Waals surface area contributed by atoms with Crippen molar-refractivity contribution in [3.05, 3.63) is 18.0 Å². The molecule has 104 valence electrons. The summed E-state index contributed by atoms with van der Waals surface area (Å²) in [5.74, 6) is -1.08. The Labute approximate surface area is 111 Å². The van der Waals surface area contributed by atoms with E-state index in [9.17, 15) is 9.59 Å². The zero-order valence-electron chi connectivity index (χ0n) is 10.9. The minimum atomic E-state index is -0.745. The van der Waals surface area contributed by atoms with E-state index < -0.39 is 5.97 Å². The molecule has 1 aliphatic carbocycles. The van der Waals surface area contributed by atoms with Gasteiger partial charge < -0.3 is 10.4 Å². The van der Waals surface area contributed by atoms with Gasteiger partial charge in [0.25, 0.3) is 0 Å². The summed E-state index contributed by atoms with van der Waals surface area (Å²) in [5, 5.41) is 18.4. The Morgan fingerprint density at radius 1 is 1.37 bits per heavy atom. The number of carboxylic acids is 1. The first kappa shape index (κ1) is 13.6. The van der Waals surface area contributed by atoms with Crippen LogP contribution in [0.2, 0.25) is 0 Å². The molecule has 6 nitrogen and oxygen atoms in total. The fourth-order valence-electron chi connectivity index (χ4n) is 2.51. The number of aromatic amines is 1. The third-order valence-electron chi connectivity index (χ3n) is 3.83. The minimum Gasteiger partial charge on any atom is -0.481 e. The molecule has 0 bridgehead atoms. The Morgan fingerprint density at radius 2 is 2.00 bits per heavy atom. The SMILES string of the molecule is CC(NC(=O)C1CCC(C(=O)O)CC1)c1cn[nH]c1. The molecule has 1 unspecified atom stereocenters. The highest BCUT2D eigenvalue weighted by Gasteiger charge is 2.30. The van der Waals surface area contributed by atoms with Crippen LogP contribution in [0.25, 0.3) is 0 Å². The molecule has 2 rings (SSSR count). The highest BCUT2D eigenvalue weighted by Crippen LogP contribution is 2.29. The molecular formula is C13H19N3O3.